The molecule has 0 spiro atoms. The van der Waals surface area contributed by atoms with Crippen molar-refractivity contribution in [2.45, 2.75) is 0 Å². The van der Waals surface area contributed by atoms with Crippen LogP contribution in [0.4, 0.5) is 4.79 Å². The van der Waals surface area contributed by atoms with Gasteiger partial charge in [-0.3, -0.25) is 4.79 Å². The molecule has 0 radical (unpaired) electrons. The number of phenolic OH excluding ortho intramolecular Hbond substituents is 1. The Labute approximate surface area is 131 Å². The van der Waals surface area contributed by atoms with Crippen molar-refractivity contribution in [3.05, 3.63) is 58.7 Å². The number of aromatic hydroxyl groups is 1. The maximum atomic E-state index is 12.3. The van der Waals surface area contributed by atoms with Gasteiger partial charge in [0.05, 0.1) is 12.7 Å². The fourth-order valence-corrected chi connectivity index (χ4v) is 2.07. The Balaban J connectivity index is 0.000000433. The van der Waals surface area contributed by atoms with Crippen LogP contribution >= 0.6 is 0 Å². The first kappa shape index (κ1) is 16.1. The van der Waals surface area contributed by atoms with Crippen LogP contribution in [0, 0.1) is 0 Å². The van der Waals surface area contributed by atoms with Crippen LogP contribution < -0.4 is 4.74 Å². The molecule has 3 rings (SSSR count). The highest BCUT2D eigenvalue weighted by molar-refractivity contribution is 6.11. The summed E-state index contributed by atoms with van der Waals surface area (Å²) in [6.07, 6.45) is 1.98. The molecule has 118 valence electrons. The van der Waals surface area contributed by atoms with Gasteiger partial charge in [-0.2, -0.15) is 0 Å². The van der Waals surface area contributed by atoms with Crippen molar-refractivity contribution >= 4 is 24.1 Å². The van der Waals surface area contributed by atoms with Gasteiger partial charge in [0.1, 0.15) is 11.5 Å². The van der Waals surface area contributed by atoms with Crippen LogP contribution in [0.3, 0.4) is 0 Å². The Morgan fingerprint density at radius 2 is 1.48 bits per heavy atom. The van der Waals surface area contributed by atoms with Crippen LogP contribution in [0.2, 0.25) is 0 Å². The molecule has 0 aliphatic heterocycles. The smallest absolute Gasteiger partial charge is 0.503 e. The van der Waals surface area contributed by atoms with Crippen molar-refractivity contribution in [1.82, 2.24) is 0 Å². The van der Waals surface area contributed by atoms with Crippen molar-refractivity contribution in [2.75, 3.05) is 7.11 Å². The normalized spacial score (nSPS) is 10.7. The first-order valence-corrected chi connectivity index (χ1v) is 6.58. The Kier molecular flexibility index (Phi) is 4.66. The van der Waals surface area contributed by atoms with Gasteiger partial charge in [0.25, 0.3) is 0 Å². The molecule has 3 N–H and O–H groups in total. The summed E-state index contributed by atoms with van der Waals surface area (Å²) in [6.45, 7) is 0. The summed E-state index contributed by atoms with van der Waals surface area (Å²) in [5.41, 5.74) is 2.80. The van der Waals surface area contributed by atoms with E-state index in [2.05, 4.69) is 0 Å². The molecule has 6 nitrogen and oxygen atoms in total. The van der Waals surface area contributed by atoms with Crippen LogP contribution in [0.5, 0.6) is 11.5 Å². The lowest BCUT2D eigenvalue weighted by Crippen LogP contribution is -2.04. The monoisotopic (exact) mass is 314 g/mol. The SMILES string of the molecule is COc1ccc(C(=O)c2cc3c(cc2O)C=C3)cc1.O=C(O)O. The molecule has 0 unspecified atom stereocenters. The van der Waals surface area contributed by atoms with Crippen LogP contribution in [-0.4, -0.2) is 34.4 Å². The predicted octanol–water partition coefficient (Wildman–Crippen LogP) is 3.34. The lowest BCUT2D eigenvalue weighted by molar-refractivity contribution is 0.103. The van der Waals surface area contributed by atoms with Gasteiger partial charge < -0.3 is 20.1 Å². The van der Waals surface area contributed by atoms with Crippen molar-refractivity contribution in [2.24, 2.45) is 0 Å². The Hall–Kier alpha value is -3.28. The van der Waals surface area contributed by atoms with Crippen LogP contribution in [0.15, 0.2) is 36.4 Å². The van der Waals surface area contributed by atoms with Crippen LogP contribution in [0.1, 0.15) is 27.0 Å². The molecular weight excluding hydrogens is 300 g/mol. The minimum absolute atomic E-state index is 0.0175. The van der Waals surface area contributed by atoms with E-state index < -0.39 is 6.16 Å². The van der Waals surface area contributed by atoms with Gasteiger partial charge in [-0.1, -0.05) is 12.2 Å². The Morgan fingerprint density at radius 3 is 1.96 bits per heavy atom. The number of benzene rings is 2. The fraction of sp³-hybridized carbons (Fsp3) is 0.0588. The Morgan fingerprint density at radius 1 is 0.957 bits per heavy atom. The molecule has 0 saturated carbocycles. The number of ketones is 1. The van der Waals surface area contributed by atoms with Crippen molar-refractivity contribution < 1.29 is 29.6 Å². The van der Waals surface area contributed by atoms with Crippen molar-refractivity contribution in [1.29, 1.82) is 0 Å². The quantitative estimate of drug-likeness (QED) is 0.640. The van der Waals surface area contributed by atoms with Gasteiger partial charge in [-0.25, -0.2) is 4.79 Å². The standard InChI is InChI=1S/C16H12O3.CH2O3/c1-19-13-6-4-10(5-7-13)16(18)14-8-11-2-3-12(11)9-15(14)17;2-1(3)4/h2-9,17H,1H3;(H2,2,3,4). The largest absolute Gasteiger partial charge is 0.507 e. The molecule has 2 aromatic carbocycles. The van der Waals surface area contributed by atoms with E-state index in [1.54, 1.807) is 43.5 Å². The first-order valence-electron chi connectivity index (χ1n) is 6.58. The van der Waals surface area contributed by atoms with Crippen molar-refractivity contribution in [3.63, 3.8) is 0 Å². The summed E-state index contributed by atoms with van der Waals surface area (Å²) >= 11 is 0. The summed E-state index contributed by atoms with van der Waals surface area (Å²) in [4.78, 5) is 20.9. The molecule has 6 heteroatoms. The topological polar surface area (TPSA) is 104 Å². The minimum Gasteiger partial charge on any atom is -0.507 e. The molecule has 1 aliphatic rings. The lowest BCUT2D eigenvalue weighted by Gasteiger charge is -2.13. The average molecular weight is 314 g/mol. The molecular formula is C17H14O6. The third-order valence-electron chi connectivity index (χ3n) is 3.24. The van der Waals surface area contributed by atoms with E-state index in [9.17, 15) is 9.90 Å². The van der Waals surface area contributed by atoms with Gasteiger partial charge in [0, 0.05) is 5.56 Å². The minimum atomic E-state index is -1.83. The highest BCUT2D eigenvalue weighted by Crippen LogP contribution is 2.32. The first-order chi connectivity index (χ1) is 10.9. The molecule has 0 bridgehead atoms. The average Bonchev–Trinajstić information content (AvgIpc) is 2.50. The molecule has 0 heterocycles. The summed E-state index contributed by atoms with van der Waals surface area (Å²) < 4.78 is 5.05. The number of hydrogen-bond donors (Lipinski definition) is 3. The molecule has 1 aliphatic carbocycles. The Bertz CT molecular complexity index is 770. The van der Waals surface area contributed by atoms with E-state index in [1.165, 1.54) is 0 Å². The van der Waals surface area contributed by atoms with Gasteiger partial charge in [0.15, 0.2) is 5.78 Å². The number of phenols is 1. The molecule has 2 aromatic rings. The van der Waals surface area contributed by atoms with E-state index in [0.717, 1.165) is 11.1 Å². The predicted molar refractivity (Wildman–Crippen MR) is 84.1 cm³/mol. The number of carboxylic acid groups (broad SMARTS) is 2. The molecule has 23 heavy (non-hydrogen) atoms. The van der Waals surface area contributed by atoms with E-state index in [1.807, 2.05) is 12.2 Å². The van der Waals surface area contributed by atoms with E-state index in [-0.39, 0.29) is 11.5 Å². The highest BCUT2D eigenvalue weighted by atomic mass is 16.6. The zero-order valence-corrected chi connectivity index (χ0v) is 12.2. The molecule has 0 amide bonds. The lowest BCUT2D eigenvalue weighted by atomic mass is 9.92. The summed E-state index contributed by atoms with van der Waals surface area (Å²) in [5.74, 6) is 0.521. The number of carbonyl (C=O) groups is 2. The maximum Gasteiger partial charge on any atom is 0.503 e. The maximum absolute atomic E-state index is 12.3. The van der Waals surface area contributed by atoms with Gasteiger partial charge in [-0.05, 0) is 47.5 Å². The van der Waals surface area contributed by atoms with Gasteiger partial charge in [0.2, 0.25) is 0 Å². The zero-order valence-electron chi connectivity index (χ0n) is 12.2. The summed E-state index contributed by atoms with van der Waals surface area (Å²) in [6, 6.07) is 10.2. The molecule has 0 atom stereocenters. The number of ether oxygens (including phenoxy) is 1. The number of methoxy groups -OCH3 is 1. The number of fused-ring (bicyclic) bond motifs is 1. The molecule has 0 saturated heterocycles. The summed E-state index contributed by atoms with van der Waals surface area (Å²) in [7, 11) is 1.58. The molecule has 0 aromatic heterocycles. The zero-order chi connectivity index (χ0) is 17.0. The fourth-order valence-electron chi connectivity index (χ4n) is 2.07. The number of rotatable bonds is 3. The second kappa shape index (κ2) is 6.65. The molecule has 0 fully saturated rings. The second-order valence-corrected chi connectivity index (χ2v) is 4.67. The number of carbonyl (C=O) groups excluding carboxylic acids is 1. The third-order valence-corrected chi connectivity index (χ3v) is 3.24. The van der Waals surface area contributed by atoms with Crippen LogP contribution in [0.25, 0.3) is 12.2 Å². The number of hydrogen-bond acceptors (Lipinski definition) is 4. The van der Waals surface area contributed by atoms with Crippen molar-refractivity contribution in [3.8, 4) is 11.5 Å². The van der Waals surface area contributed by atoms with E-state index >= 15 is 0 Å². The summed E-state index contributed by atoms with van der Waals surface area (Å²) in [5, 5.41) is 23.8. The van der Waals surface area contributed by atoms with E-state index in [4.69, 9.17) is 19.7 Å². The highest BCUT2D eigenvalue weighted by Gasteiger charge is 2.17. The van der Waals surface area contributed by atoms with Gasteiger partial charge >= 0.3 is 6.16 Å². The van der Waals surface area contributed by atoms with Crippen LogP contribution in [-0.2, 0) is 0 Å². The third kappa shape index (κ3) is 3.68. The second-order valence-electron chi connectivity index (χ2n) is 4.67. The van der Waals surface area contributed by atoms with E-state index in [0.29, 0.717) is 16.9 Å². The van der Waals surface area contributed by atoms with Gasteiger partial charge in [-0.15, -0.1) is 0 Å².